The van der Waals surface area contributed by atoms with Gasteiger partial charge in [0.25, 0.3) is 0 Å². The fourth-order valence-electron chi connectivity index (χ4n) is 5.42. The zero-order valence-electron chi connectivity index (χ0n) is 21.1. The molecule has 1 unspecified atom stereocenters. The Morgan fingerprint density at radius 1 is 1.03 bits per heavy atom. The van der Waals surface area contributed by atoms with Crippen LogP contribution >= 0.6 is 0 Å². The van der Waals surface area contributed by atoms with E-state index < -0.39 is 0 Å². The summed E-state index contributed by atoms with van der Waals surface area (Å²) in [7, 11) is 0. The molecule has 2 aromatic carbocycles. The summed E-state index contributed by atoms with van der Waals surface area (Å²) in [6.07, 6.45) is 6.72. The molecule has 1 atom stereocenters. The maximum Gasteiger partial charge on any atom is 0.231 e. The SMILES string of the molecule is O=C(NC(CCN1CCC(c2nc(Cc3ccc4c(c3)OCO4)no2)CC1)c1ccccc1)C1CCC1. The number of hydrogen-bond acceptors (Lipinski definition) is 7. The molecule has 1 aromatic heterocycles. The van der Waals surface area contributed by atoms with Gasteiger partial charge in [-0.1, -0.05) is 48.0 Å². The molecular weight excluding hydrogens is 468 g/mol. The lowest BCUT2D eigenvalue weighted by Crippen LogP contribution is -2.39. The van der Waals surface area contributed by atoms with E-state index in [4.69, 9.17) is 19.0 Å². The van der Waals surface area contributed by atoms with Crippen LogP contribution in [0.15, 0.2) is 53.1 Å². The third-order valence-corrected chi connectivity index (χ3v) is 7.95. The van der Waals surface area contributed by atoms with E-state index in [0.717, 1.165) is 74.7 Å². The number of benzene rings is 2. The molecule has 1 aliphatic carbocycles. The molecule has 2 aliphatic heterocycles. The van der Waals surface area contributed by atoms with Crippen molar-refractivity contribution >= 4 is 5.91 Å². The first-order chi connectivity index (χ1) is 18.2. The Kier molecular flexibility index (Phi) is 7.08. The van der Waals surface area contributed by atoms with E-state index in [1.54, 1.807) is 0 Å². The largest absolute Gasteiger partial charge is 0.454 e. The number of likely N-dealkylation sites (tertiary alicyclic amines) is 1. The van der Waals surface area contributed by atoms with E-state index in [-0.39, 0.29) is 30.6 Å². The van der Waals surface area contributed by atoms with Gasteiger partial charge in [0.2, 0.25) is 18.6 Å². The predicted molar refractivity (Wildman–Crippen MR) is 137 cm³/mol. The summed E-state index contributed by atoms with van der Waals surface area (Å²) in [6, 6.07) is 16.3. The average Bonchev–Trinajstić information content (AvgIpc) is 3.56. The van der Waals surface area contributed by atoms with Crippen molar-refractivity contribution in [3.8, 4) is 11.5 Å². The average molecular weight is 503 g/mol. The van der Waals surface area contributed by atoms with Gasteiger partial charge in [0, 0.05) is 24.8 Å². The minimum atomic E-state index is 0.0571. The van der Waals surface area contributed by atoms with Crippen molar-refractivity contribution in [2.24, 2.45) is 5.92 Å². The number of fused-ring (bicyclic) bond motifs is 1. The van der Waals surface area contributed by atoms with E-state index in [0.29, 0.717) is 12.2 Å². The molecule has 2 fully saturated rings. The molecule has 8 nitrogen and oxygen atoms in total. The highest BCUT2D eigenvalue weighted by atomic mass is 16.7. The van der Waals surface area contributed by atoms with Crippen LogP contribution in [0.5, 0.6) is 11.5 Å². The highest BCUT2D eigenvalue weighted by molar-refractivity contribution is 5.79. The summed E-state index contributed by atoms with van der Waals surface area (Å²) in [5, 5.41) is 7.57. The number of amides is 1. The van der Waals surface area contributed by atoms with E-state index >= 15 is 0 Å². The molecule has 0 bridgehead atoms. The fourth-order valence-corrected chi connectivity index (χ4v) is 5.42. The molecule has 3 heterocycles. The van der Waals surface area contributed by atoms with E-state index in [2.05, 4.69) is 39.6 Å². The molecule has 8 heteroatoms. The Hall–Kier alpha value is -3.39. The van der Waals surface area contributed by atoms with Gasteiger partial charge >= 0.3 is 0 Å². The van der Waals surface area contributed by atoms with Gasteiger partial charge in [-0.3, -0.25) is 4.79 Å². The molecule has 1 amide bonds. The van der Waals surface area contributed by atoms with E-state index in [1.807, 2.05) is 24.3 Å². The fraction of sp³-hybridized carbons (Fsp3) is 0.483. The summed E-state index contributed by atoms with van der Waals surface area (Å²) in [5.41, 5.74) is 2.26. The van der Waals surface area contributed by atoms with Gasteiger partial charge in [-0.15, -0.1) is 0 Å². The molecule has 0 spiro atoms. The maximum atomic E-state index is 12.7. The van der Waals surface area contributed by atoms with E-state index in [1.165, 1.54) is 12.0 Å². The summed E-state index contributed by atoms with van der Waals surface area (Å²) >= 11 is 0. The van der Waals surface area contributed by atoms with Crippen molar-refractivity contribution in [2.45, 2.75) is 56.9 Å². The van der Waals surface area contributed by atoms with Crippen molar-refractivity contribution in [2.75, 3.05) is 26.4 Å². The van der Waals surface area contributed by atoms with Gasteiger partial charge in [0.05, 0.1) is 6.04 Å². The van der Waals surface area contributed by atoms with Crippen LogP contribution < -0.4 is 14.8 Å². The number of nitrogens with one attached hydrogen (secondary N) is 1. The Labute approximate surface area is 217 Å². The second-order valence-corrected chi connectivity index (χ2v) is 10.4. The molecule has 3 aliphatic rings. The van der Waals surface area contributed by atoms with Gasteiger partial charge < -0.3 is 24.2 Å². The lowest BCUT2D eigenvalue weighted by Gasteiger charge is -2.32. The molecule has 3 aromatic rings. The van der Waals surface area contributed by atoms with Crippen molar-refractivity contribution in [1.82, 2.24) is 20.4 Å². The molecule has 1 saturated heterocycles. The Bertz CT molecular complexity index is 1200. The van der Waals surface area contributed by atoms with Crippen molar-refractivity contribution < 1.29 is 18.8 Å². The topological polar surface area (TPSA) is 89.7 Å². The zero-order valence-corrected chi connectivity index (χ0v) is 21.1. The van der Waals surface area contributed by atoms with Crippen molar-refractivity contribution in [3.05, 3.63) is 71.4 Å². The molecule has 1 saturated carbocycles. The number of piperidine rings is 1. The zero-order chi connectivity index (χ0) is 25.0. The van der Waals surface area contributed by atoms with Gasteiger partial charge in [0.15, 0.2) is 17.3 Å². The normalized spacial score (nSPS) is 18.9. The number of rotatable bonds is 9. The van der Waals surface area contributed by atoms with Crippen LogP contribution in [0.1, 0.15) is 73.3 Å². The third-order valence-electron chi connectivity index (χ3n) is 7.95. The monoisotopic (exact) mass is 502 g/mol. The number of ether oxygens (including phenoxy) is 2. The van der Waals surface area contributed by atoms with Gasteiger partial charge in [-0.2, -0.15) is 4.98 Å². The number of hydrogen-bond donors (Lipinski definition) is 1. The van der Waals surface area contributed by atoms with E-state index in [9.17, 15) is 4.79 Å². The first kappa shape index (κ1) is 24.0. The summed E-state index contributed by atoms with van der Waals surface area (Å²) in [4.78, 5) is 19.9. The van der Waals surface area contributed by atoms with Crippen molar-refractivity contribution in [1.29, 1.82) is 0 Å². The molecule has 194 valence electrons. The van der Waals surface area contributed by atoms with Gasteiger partial charge in [0.1, 0.15) is 0 Å². The molecular formula is C29H34N4O4. The summed E-state index contributed by atoms with van der Waals surface area (Å²) in [6.45, 7) is 3.20. The number of aromatic nitrogens is 2. The summed E-state index contributed by atoms with van der Waals surface area (Å²) < 4.78 is 16.5. The van der Waals surface area contributed by atoms with Crippen LogP contribution in [0, 0.1) is 5.92 Å². The van der Waals surface area contributed by atoms with Crippen LogP contribution in [-0.4, -0.2) is 47.4 Å². The first-order valence-electron chi connectivity index (χ1n) is 13.5. The smallest absolute Gasteiger partial charge is 0.231 e. The first-order valence-corrected chi connectivity index (χ1v) is 13.5. The quantitative estimate of drug-likeness (QED) is 0.457. The predicted octanol–water partition coefficient (Wildman–Crippen LogP) is 4.62. The number of carbonyl (C=O) groups is 1. The lowest BCUT2D eigenvalue weighted by atomic mass is 9.84. The second kappa shape index (κ2) is 10.9. The van der Waals surface area contributed by atoms with Crippen LogP contribution in [0.2, 0.25) is 0 Å². The highest BCUT2D eigenvalue weighted by Gasteiger charge is 2.29. The standard InChI is InChI=1S/C29H34N4O4/c34-28(22-7-4-8-22)30-24(21-5-2-1-3-6-21)13-16-33-14-11-23(12-15-33)29-31-27(32-37-29)18-20-9-10-25-26(17-20)36-19-35-25/h1-3,5-6,9-10,17,22-24H,4,7-8,11-16,18-19H2,(H,30,34). The number of carbonyl (C=O) groups excluding carboxylic acids is 1. The summed E-state index contributed by atoms with van der Waals surface area (Å²) in [5.74, 6) is 3.69. The van der Waals surface area contributed by atoms with Crippen LogP contribution in [0.4, 0.5) is 0 Å². The minimum absolute atomic E-state index is 0.0571. The molecule has 1 N–H and O–H groups in total. The Balaban J connectivity index is 1.00. The molecule has 6 rings (SSSR count). The highest BCUT2D eigenvalue weighted by Crippen LogP contribution is 2.33. The van der Waals surface area contributed by atoms with Gasteiger partial charge in [-0.25, -0.2) is 0 Å². The second-order valence-electron chi connectivity index (χ2n) is 10.4. The third kappa shape index (κ3) is 5.64. The number of nitrogens with zero attached hydrogens (tertiary/aromatic N) is 3. The Morgan fingerprint density at radius 3 is 2.62 bits per heavy atom. The Morgan fingerprint density at radius 2 is 1.84 bits per heavy atom. The molecule has 0 radical (unpaired) electrons. The lowest BCUT2D eigenvalue weighted by molar-refractivity contribution is -0.128. The van der Waals surface area contributed by atoms with Crippen LogP contribution in [0.25, 0.3) is 0 Å². The minimum Gasteiger partial charge on any atom is -0.454 e. The van der Waals surface area contributed by atoms with Crippen LogP contribution in [0.3, 0.4) is 0 Å². The molecule has 37 heavy (non-hydrogen) atoms. The van der Waals surface area contributed by atoms with Gasteiger partial charge in [-0.05, 0) is 68.5 Å². The van der Waals surface area contributed by atoms with Crippen LogP contribution in [-0.2, 0) is 11.2 Å². The maximum absolute atomic E-state index is 12.7. The van der Waals surface area contributed by atoms with Crippen molar-refractivity contribution in [3.63, 3.8) is 0 Å².